The Hall–Kier alpha value is -3.36. The Bertz CT molecular complexity index is 1240. The largest absolute Gasteiger partial charge is 0.489 e. The van der Waals surface area contributed by atoms with Gasteiger partial charge in [-0.05, 0) is 69.2 Å². The molecule has 9 heteroatoms. The van der Waals surface area contributed by atoms with Crippen LogP contribution in [-0.4, -0.2) is 45.2 Å². The van der Waals surface area contributed by atoms with Gasteiger partial charge in [-0.25, -0.2) is 4.98 Å². The summed E-state index contributed by atoms with van der Waals surface area (Å²) in [7, 11) is 0. The van der Waals surface area contributed by atoms with Crippen LogP contribution in [0.2, 0.25) is 5.02 Å². The predicted molar refractivity (Wildman–Crippen MR) is 149 cm³/mol. The molecule has 0 saturated carbocycles. The first-order valence-electron chi connectivity index (χ1n) is 12.9. The average Bonchev–Trinajstić information content (AvgIpc) is 3.32. The molecule has 2 aromatic carbocycles. The van der Waals surface area contributed by atoms with E-state index in [0.29, 0.717) is 34.7 Å². The zero-order chi connectivity index (χ0) is 27.8. The molecule has 0 aliphatic rings. The summed E-state index contributed by atoms with van der Waals surface area (Å²) in [6, 6.07) is 11.4. The highest BCUT2D eigenvalue weighted by Gasteiger charge is 2.24. The van der Waals surface area contributed by atoms with Crippen LogP contribution in [-0.2, 0) is 17.8 Å². The molecule has 0 saturated heterocycles. The number of hydrogen-bond donors (Lipinski definition) is 3. The molecular formula is C29H37ClN4O4. The van der Waals surface area contributed by atoms with Crippen LogP contribution in [0.5, 0.6) is 5.75 Å². The van der Waals surface area contributed by atoms with Crippen LogP contribution in [0.4, 0.5) is 0 Å². The molecule has 2 amide bonds. The van der Waals surface area contributed by atoms with Gasteiger partial charge in [-0.3, -0.25) is 9.59 Å². The molecule has 1 unspecified atom stereocenters. The van der Waals surface area contributed by atoms with Crippen molar-refractivity contribution in [3.05, 3.63) is 70.6 Å². The van der Waals surface area contributed by atoms with E-state index in [1.54, 1.807) is 18.5 Å². The fourth-order valence-electron chi connectivity index (χ4n) is 4.53. The number of aliphatic hydroxyl groups is 1. The molecule has 0 fully saturated rings. The molecule has 0 radical (unpaired) electrons. The molecule has 4 N–H and O–H groups in total. The normalized spacial score (nSPS) is 12.8. The fourth-order valence-corrected chi connectivity index (χ4v) is 4.89. The summed E-state index contributed by atoms with van der Waals surface area (Å²) in [5, 5.41) is 13.0. The van der Waals surface area contributed by atoms with Crippen molar-refractivity contribution in [3.63, 3.8) is 0 Å². The monoisotopic (exact) mass is 540 g/mol. The van der Waals surface area contributed by atoms with Crippen LogP contribution in [0, 0.1) is 0 Å². The lowest BCUT2D eigenvalue weighted by Gasteiger charge is -2.23. The Balaban J connectivity index is 1.79. The van der Waals surface area contributed by atoms with Crippen molar-refractivity contribution in [2.24, 2.45) is 5.73 Å². The SMILES string of the molecule is CC(=O)NC(C)CCn1cnc(-c2ccc(C[C@@H](CCO)c3c(C(N)=O)ccc(OC(C)C)c3Cl)cc2)c1. The summed E-state index contributed by atoms with van der Waals surface area (Å²) < 4.78 is 7.85. The minimum Gasteiger partial charge on any atom is -0.489 e. The van der Waals surface area contributed by atoms with E-state index in [1.807, 2.05) is 55.8 Å². The minimum atomic E-state index is -0.571. The molecular weight excluding hydrogens is 504 g/mol. The van der Waals surface area contributed by atoms with Crippen molar-refractivity contribution < 1.29 is 19.4 Å². The number of halogens is 1. The van der Waals surface area contributed by atoms with E-state index in [4.69, 9.17) is 22.1 Å². The number of amides is 2. The molecule has 0 aliphatic heterocycles. The highest BCUT2D eigenvalue weighted by Crippen LogP contribution is 2.39. The molecule has 0 spiro atoms. The van der Waals surface area contributed by atoms with Gasteiger partial charge < -0.3 is 25.5 Å². The number of nitrogens with two attached hydrogens (primary N) is 1. The van der Waals surface area contributed by atoms with E-state index in [9.17, 15) is 14.7 Å². The van der Waals surface area contributed by atoms with Crippen LogP contribution in [0.3, 0.4) is 0 Å². The number of aromatic nitrogens is 2. The number of hydrogen-bond acceptors (Lipinski definition) is 5. The van der Waals surface area contributed by atoms with Gasteiger partial charge in [0.2, 0.25) is 11.8 Å². The van der Waals surface area contributed by atoms with Crippen molar-refractivity contribution in [2.75, 3.05) is 6.61 Å². The van der Waals surface area contributed by atoms with Crippen LogP contribution in [0.1, 0.15) is 67.9 Å². The number of benzene rings is 2. The van der Waals surface area contributed by atoms with Gasteiger partial charge in [-0.1, -0.05) is 35.9 Å². The van der Waals surface area contributed by atoms with Gasteiger partial charge in [-0.15, -0.1) is 0 Å². The van der Waals surface area contributed by atoms with Crippen LogP contribution in [0.15, 0.2) is 48.9 Å². The number of aliphatic hydroxyl groups excluding tert-OH is 1. The summed E-state index contributed by atoms with van der Waals surface area (Å²) in [5.74, 6) is -0.350. The molecule has 0 bridgehead atoms. The lowest BCUT2D eigenvalue weighted by atomic mass is 9.86. The maximum atomic E-state index is 12.2. The number of nitrogens with zero attached hydrogens (tertiary/aromatic N) is 2. The first-order valence-corrected chi connectivity index (χ1v) is 13.2. The smallest absolute Gasteiger partial charge is 0.249 e. The fraction of sp³-hybridized carbons (Fsp3) is 0.414. The van der Waals surface area contributed by atoms with E-state index in [0.717, 1.165) is 29.8 Å². The number of nitrogens with one attached hydrogen (secondary N) is 1. The molecule has 8 nitrogen and oxygen atoms in total. The topological polar surface area (TPSA) is 119 Å². The Morgan fingerprint density at radius 2 is 1.84 bits per heavy atom. The van der Waals surface area contributed by atoms with Gasteiger partial charge in [-0.2, -0.15) is 0 Å². The zero-order valence-corrected chi connectivity index (χ0v) is 23.2. The predicted octanol–water partition coefficient (Wildman–Crippen LogP) is 4.71. The molecule has 204 valence electrons. The van der Waals surface area contributed by atoms with Crippen LogP contribution in [0.25, 0.3) is 11.3 Å². The first kappa shape index (κ1) is 29.2. The Labute approximate surface area is 229 Å². The van der Waals surface area contributed by atoms with Crippen molar-refractivity contribution in [2.45, 2.75) is 71.6 Å². The molecule has 3 aromatic rings. The van der Waals surface area contributed by atoms with Gasteiger partial charge in [0.05, 0.1) is 23.1 Å². The summed E-state index contributed by atoms with van der Waals surface area (Å²) in [6.07, 6.45) is 5.46. The number of rotatable bonds is 13. The summed E-state index contributed by atoms with van der Waals surface area (Å²) in [4.78, 5) is 28.0. The highest BCUT2D eigenvalue weighted by atomic mass is 35.5. The maximum Gasteiger partial charge on any atom is 0.249 e. The number of imidazole rings is 1. The Kier molecular flexibility index (Phi) is 10.3. The van der Waals surface area contributed by atoms with Gasteiger partial charge in [0, 0.05) is 43.4 Å². The molecule has 1 aromatic heterocycles. The summed E-state index contributed by atoms with van der Waals surface area (Å²) in [6.45, 7) is 7.99. The number of carbonyl (C=O) groups excluding carboxylic acids is 2. The molecule has 38 heavy (non-hydrogen) atoms. The quantitative estimate of drug-likeness (QED) is 0.290. The number of aryl methyl sites for hydroxylation is 1. The van der Waals surface area contributed by atoms with E-state index in [-0.39, 0.29) is 30.6 Å². The second kappa shape index (κ2) is 13.4. The van der Waals surface area contributed by atoms with Crippen LogP contribution >= 0.6 is 11.6 Å². The van der Waals surface area contributed by atoms with E-state index in [2.05, 4.69) is 10.3 Å². The number of ether oxygens (including phenoxy) is 1. The third-order valence-corrected chi connectivity index (χ3v) is 6.68. The second-order valence-corrected chi connectivity index (χ2v) is 10.2. The first-order chi connectivity index (χ1) is 18.1. The second-order valence-electron chi connectivity index (χ2n) is 9.87. The van der Waals surface area contributed by atoms with Gasteiger partial charge in [0.15, 0.2) is 0 Å². The number of carbonyl (C=O) groups is 2. The van der Waals surface area contributed by atoms with Crippen molar-refractivity contribution >= 4 is 23.4 Å². The Morgan fingerprint density at radius 3 is 2.45 bits per heavy atom. The molecule has 2 atom stereocenters. The highest BCUT2D eigenvalue weighted by molar-refractivity contribution is 6.33. The average molecular weight is 541 g/mol. The van der Waals surface area contributed by atoms with E-state index >= 15 is 0 Å². The summed E-state index contributed by atoms with van der Waals surface area (Å²) >= 11 is 6.73. The zero-order valence-electron chi connectivity index (χ0n) is 22.4. The third kappa shape index (κ3) is 7.82. The van der Waals surface area contributed by atoms with E-state index in [1.165, 1.54) is 6.92 Å². The van der Waals surface area contributed by atoms with Gasteiger partial charge >= 0.3 is 0 Å². The maximum absolute atomic E-state index is 12.2. The Morgan fingerprint density at radius 1 is 1.13 bits per heavy atom. The van der Waals surface area contributed by atoms with Crippen molar-refractivity contribution in [1.29, 1.82) is 0 Å². The van der Waals surface area contributed by atoms with Gasteiger partial charge in [0.1, 0.15) is 5.75 Å². The summed E-state index contributed by atoms with van der Waals surface area (Å²) in [5.41, 5.74) is 9.47. The van der Waals surface area contributed by atoms with E-state index < -0.39 is 5.91 Å². The lowest BCUT2D eigenvalue weighted by molar-refractivity contribution is -0.119. The van der Waals surface area contributed by atoms with Crippen molar-refractivity contribution in [3.8, 4) is 17.0 Å². The van der Waals surface area contributed by atoms with Crippen LogP contribution < -0.4 is 15.8 Å². The molecule has 1 heterocycles. The molecule has 3 rings (SSSR count). The lowest BCUT2D eigenvalue weighted by Crippen LogP contribution is -2.31. The third-order valence-electron chi connectivity index (χ3n) is 6.29. The van der Waals surface area contributed by atoms with Gasteiger partial charge in [0.25, 0.3) is 0 Å². The van der Waals surface area contributed by atoms with Crippen molar-refractivity contribution in [1.82, 2.24) is 14.9 Å². The number of primary amides is 1. The standard InChI is InChI=1S/C29H37ClN4O4/c1-18(2)38-26-10-9-24(29(31)37)27(28(26)30)23(12-14-35)15-21-5-7-22(8-6-21)25-16-34(17-32-25)13-11-19(3)33-20(4)36/h5-10,16-19,23,35H,11-15H2,1-4H3,(H2,31,37)(H,33,36)/t19?,23-/m1/s1. The minimum absolute atomic E-state index is 0.0325. The molecule has 0 aliphatic carbocycles.